The topological polar surface area (TPSA) is 58.9 Å². The number of furan rings is 1. The Morgan fingerprint density at radius 2 is 2.32 bits per heavy atom. The lowest BCUT2D eigenvalue weighted by Gasteiger charge is -1.96. The maximum absolute atomic E-state index is 12.4. The largest absolute Gasteiger partial charge is 0.458 e. The van der Waals surface area contributed by atoms with Gasteiger partial charge in [0, 0.05) is 28.7 Å². The first-order chi connectivity index (χ1) is 9.19. The molecule has 0 aromatic carbocycles. The number of halogens is 1. The van der Waals surface area contributed by atoms with Crippen molar-refractivity contribution in [2.75, 3.05) is 0 Å². The van der Waals surface area contributed by atoms with Gasteiger partial charge in [0.1, 0.15) is 11.4 Å². The first kappa shape index (κ1) is 12.2. The molecule has 0 saturated carbocycles. The minimum atomic E-state index is -0.133. The molecule has 3 heterocycles. The number of ketones is 1. The summed E-state index contributed by atoms with van der Waals surface area (Å²) >= 11 is 3.36. The van der Waals surface area contributed by atoms with Gasteiger partial charge >= 0.3 is 0 Å². The number of H-pyrrole nitrogens is 1. The molecule has 3 aromatic rings. The van der Waals surface area contributed by atoms with E-state index in [0.29, 0.717) is 17.0 Å². The summed E-state index contributed by atoms with van der Waals surface area (Å²) in [4.78, 5) is 19.6. The third-order valence-electron chi connectivity index (χ3n) is 2.98. The van der Waals surface area contributed by atoms with Crippen LogP contribution in [0, 0.1) is 0 Å². The zero-order chi connectivity index (χ0) is 13.4. The summed E-state index contributed by atoms with van der Waals surface area (Å²) in [6.07, 6.45) is 4.13. The lowest BCUT2D eigenvalue weighted by Crippen LogP contribution is -1.98. The Hall–Kier alpha value is -1.88. The fraction of sp³-hybridized carbons (Fsp3) is 0.143. The molecule has 0 unspecified atom stereocenters. The Bertz CT molecular complexity index is 758. The Kier molecular flexibility index (Phi) is 2.98. The van der Waals surface area contributed by atoms with Crippen molar-refractivity contribution < 1.29 is 9.21 Å². The predicted octanol–water partition coefficient (Wildman–Crippen LogP) is 3.71. The van der Waals surface area contributed by atoms with Gasteiger partial charge in [-0.1, -0.05) is 6.92 Å². The van der Waals surface area contributed by atoms with Crippen LogP contribution in [0.2, 0.25) is 0 Å². The van der Waals surface area contributed by atoms with Gasteiger partial charge in [-0.3, -0.25) is 4.79 Å². The molecule has 0 aliphatic heterocycles. The van der Waals surface area contributed by atoms with E-state index in [1.807, 2.05) is 19.1 Å². The summed E-state index contributed by atoms with van der Waals surface area (Å²) in [5.74, 6) is 1.03. The number of rotatable bonds is 3. The highest BCUT2D eigenvalue weighted by molar-refractivity contribution is 9.10. The minimum absolute atomic E-state index is 0.133. The molecule has 0 fully saturated rings. The summed E-state index contributed by atoms with van der Waals surface area (Å²) in [6, 6.07) is 5.41. The standard InChI is InChI=1S/C14H11BrN2O2/c1-2-9-3-4-12(19-9)13(18)11-7-17-14-10(11)5-8(15)6-16-14/h3-7H,2H2,1H3,(H,16,17). The SMILES string of the molecule is CCc1ccc(C(=O)c2c[nH]c3ncc(Br)cc23)o1. The third-order valence-corrected chi connectivity index (χ3v) is 3.41. The van der Waals surface area contributed by atoms with Crippen molar-refractivity contribution in [3.63, 3.8) is 0 Å². The van der Waals surface area contributed by atoms with Crippen LogP contribution >= 0.6 is 15.9 Å². The second-order valence-electron chi connectivity index (χ2n) is 4.20. The second-order valence-corrected chi connectivity index (χ2v) is 5.12. The molecule has 0 spiro atoms. The molecule has 4 nitrogen and oxygen atoms in total. The number of hydrogen-bond donors (Lipinski definition) is 1. The van der Waals surface area contributed by atoms with Crippen LogP contribution in [0.1, 0.15) is 28.8 Å². The average Bonchev–Trinajstić information content (AvgIpc) is 3.04. The molecule has 0 atom stereocenters. The van der Waals surface area contributed by atoms with Gasteiger partial charge in [0.25, 0.3) is 0 Å². The van der Waals surface area contributed by atoms with Crippen LogP contribution in [0.3, 0.4) is 0 Å². The molecule has 0 amide bonds. The van der Waals surface area contributed by atoms with Crippen LogP contribution in [-0.4, -0.2) is 15.8 Å². The number of aryl methyl sites for hydroxylation is 1. The van der Waals surface area contributed by atoms with Gasteiger partial charge in [0.05, 0.1) is 5.56 Å². The van der Waals surface area contributed by atoms with Crippen molar-refractivity contribution in [2.24, 2.45) is 0 Å². The molecule has 3 aromatic heterocycles. The maximum Gasteiger partial charge on any atom is 0.230 e. The van der Waals surface area contributed by atoms with Crippen molar-refractivity contribution in [3.05, 3.63) is 52.1 Å². The highest BCUT2D eigenvalue weighted by Crippen LogP contribution is 2.23. The number of nitrogens with one attached hydrogen (secondary N) is 1. The number of nitrogens with zero attached hydrogens (tertiary/aromatic N) is 1. The number of aromatic amines is 1. The molecule has 0 saturated heterocycles. The Labute approximate surface area is 118 Å². The monoisotopic (exact) mass is 318 g/mol. The molecule has 1 N–H and O–H groups in total. The van der Waals surface area contributed by atoms with Crippen LogP contribution < -0.4 is 0 Å². The van der Waals surface area contributed by atoms with E-state index < -0.39 is 0 Å². The molecule has 0 aliphatic carbocycles. The highest BCUT2D eigenvalue weighted by atomic mass is 79.9. The first-order valence-corrected chi connectivity index (χ1v) is 6.74. The van der Waals surface area contributed by atoms with Gasteiger partial charge in [-0.05, 0) is 34.1 Å². The van der Waals surface area contributed by atoms with E-state index in [1.54, 1.807) is 18.5 Å². The second kappa shape index (κ2) is 4.66. The van der Waals surface area contributed by atoms with Crippen molar-refractivity contribution in [3.8, 4) is 0 Å². The number of hydrogen-bond acceptors (Lipinski definition) is 3. The third kappa shape index (κ3) is 2.10. The van der Waals surface area contributed by atoms with Crippen LogP contribution in [-0.2, 0) is 6.42 Å². The van der Waals surface area contributed by atoms with Gasteiger partial charge in [-0.25, -0.2) is 4.98 Å². The highest BCUT2D eigenvalue weighted by Gasteiger charge is 2.18. The summed E-state index contributed by atoms with van der Waals surface area (Å²) in [5.41, 5.74) is 1.26. The summed E-state index contributed by atoms with van der Waals surface area (Å²) < 4.78 is 6.34. The van der Waals surface area contributed by atoms with E-state index in [0.717, 1.165) is 22.0 Å². The van der Waals surface area contributed by atoms with Crippen molar-refractivity contribution >= 4 is 32.7 Å². The van der Waals surface area contributed by atoms with Gasteiger partial charge in [0.15, 0.2) is 5.76 Å². The number of fused-ring (bicyclic) bond motifs is 1. The van der Waals surface area contributed by atoms with Crippen LogP contribution in [0.5, 0.6) is 0 Å². The molecular formula is C14H11BrN2O2. The fourth-order valence-corrected chi connectivity index (χ4v) is 2.32. The first-order valence-electron chi connectivity index (χ1n) is 5.95. The number of pyridine rings is 1. The lowest BCUT2D eigenvalue weighted by atomic mass is 10.1. The van der Waals surface area contributed by atoms with E-state index in [-0.39, 0.29) is 5.78 Å². The zero-order valence-electron chi connectivity index (χ0n) is 10.2. The molecule has 3 rings (SSSR count). The minimum Gasteiger partial charge on any atom is -0.458 e. The average molecular weight is 319 g/mol. The predicted molar refractivity (Wildman–Crippen MR) is 75.3 cm³/mol. The molecule has 0 radical (unpaired) electrons. The fourth-order valence-electron chi connectivity index (χ4n) is 1.99. The summed E-state index contributed by atoms with van der Waals surface area (Å²) in [7, 11) is 0. The van der Waals surface area contributed by atoms with E-state index >= 15 is 0 Å². The molecule has 5 heteroatoms. The summed E-state index contributed by atoms with van der Waals surface area (Å²) in [5, 5.41) is 0.786. The molecule has 96 valence electrons. The molecule has 19 heavy (non-hydrogen) atoms. The normalized spacial score (nSPS) is 11.1. The Balaban J connectivity index is 2.08. The maximum atomic E-state index is 12.4. The summed E-state index contributed by atoms with van der Waals surface area (Å²) in [6.45, 7) is 1.99. The zero-order valence-corrected chi connectivity index (χ0v) is 11.8. The van der Waals surface area contributed by atoms with Crippen LogP contribution in [0.4, 0.5) is 0 Å². The van der Waals surface area contributed by atoms with E-state index in [9.17, 15) is 4.79 Å². The number of carbonyl (C=O) groups is 1. The smallest absolute Gasteiger partial charge is 0.230 e. The number of aromatic nitrogens is 2. The van der Waals surface area contributed by atoms with Crippen LogP contribution in [0.15, 0.2) is 39.5 Å². The van der Waals surface area contributed by atoms with Gasteiger partial charge in [-0.2, -0.15) is 0 Å². The van der Waals surface area contributed by atoms with Crippen molar-refractivity contribution in [2.45, 2.75) is 13.3 Å². The van der Waals surface area contributed by atoms with E-state index in [1.165, 1.54) is 0 Å². The Morgan fingerprint density at radius 3 is 3.05 bits per heavy atom. The van der Waals surface area contributed by atoms with Gasteiger partial charge in [-0.15, -0.1) is 0 Å². The lowest BCUT2D eigenvalue weighted by molar-refractivity contribution is 0.101. The van der Waals surface area contributed by atoms with Crippen molar-refractivity contribution in [1.82, 2.24) is 9.97 Å². The van der Waals surface area contributed by atoms with Gasteiger partial charge < -0.3 is 9.40 Å². The Morgan fingerprint density at radius 1 is 1.47 bits per heavy atom. The molecule has 0 aliphatic rings. The van der Waals surface area contributed by atoms with E-state index in [4.69, 9.17) is 4.42 Å². The number of carbonyl (C=O) groups excluding carboxylic acids is 1. The van der Waals surface area contributed by atoms with Crippen molar-refractivity contribution in [1.29, 1.82) is 0 Å². The molecule has 0 bridgehead atoms. The van der Waals surface area contributed by atoms with Crippen LogP contribution in [0.25, 0.3) is 11.0 Å². The quantitative estimate of drug-likeness (QED) is 0.749. The molecular weight excluding hydrogens is 308 g/mol. The van der Waals surface area contributed by atoms with E-state index in [2.05, 4.69) is 25.9 Å². The van der Waals surface area contributed by atoms with Gasteiger partial charge in [0.2, 0.25) is 5.78 Å².